The van der Waals surface area contributed by atoms with Crippen molar-refractivity contribution in [2.75, 3.05) is 44.4 Å². The lowest BCUT2D eigenvalue weighted by Gasteiger charge is -2.59. The van der Waals surface area contributed by atoms with Crippen LogP contribution in [-0.2, 0) is 38.4 Å². The molecular formula is C51H67N3O8S. The normalized spacial score (nSPS) is 43.8. The standard InChI is InChI=1S/C51H67N3O8S/c1-29(30-5-6-32-18-39(8-7-31(32)15-30)54-11-3-2-4-12-54)50(26-52)63(55,56)53-51-40-19-33-16-35-17-37-27-57-13-9-42(37)59-44(35)20-34(33)21-46(40)62-47-22-36-23-48-49(61-45(36)25-41(47)51)24-38-28-58-14-10-43(38)60-48/h5-8,15,18,33-38,40-49,51,53H,2-4,9-14,16-17,19-25,27-28H2,1H3/b50-29-. The molecule has 10 aliphatic rings. The molecule has 0 aromatic heterocycles. The van der Waals surface area contributed by atoms with Gasteiger partial charge in [-0.15, -0.1) is 0 Å². The average Bonchev–Trinajstić information content (AvgIpc) is 3.30. The van der Waals surface area contributed by atoms with Crippen molar-refractivity contribution in [1.82, 2.24) is 4.72 Å². The summed E-state index contributed by atoms with van der Waals surface area (Å²) in [5, 5.41) is 12.9. The summed E-state index contributed by atoms with van der Waals surface area (Å²) in [5.74, 6) is 2.58. The van der Waals surface area contributed by atoms with Crippen molar-refractivity contribution in [3.05, 3.63) is 46.9 Å². The van der Waals surface area contributed by atoms with E-state index in [1.54, 1.807) is 6.92 Å². The Morgan fingerprint density at radius 2 is 1.17 bits per heavy atom. The summed E-state index contributed by atoms with van der Waals surface area (Å²) in [7, 11) is -4.22. The van der Waals surface area contributed by atoms with Crippen LogP contribution in [0.15, 0.2) is 41.3 Å². The minimum Gasteiger partial charge on any atom is -0.381 e. The molecule has 17 unspecified atom stereocenters. The molecule has 0 amide bonds. The molecule has 0 radical (unpaired) electrons. The molecule has 2 aromatic carbocycles. The van der Waals surface area contributed by atoms with Crippen LogP contribution in [0.5, 0.6) is 0 Å². The van der Waals surface area contributed by atoms with Crippen LogP contribution in [0, 0.1) is 58.7 Å². The van der Waals surface area contributed by atoms with E-state index in [4.69, 9.17) is 28.4 Å². The molecule has 12 rings (SSSR count). The summed E-state index contributed by atoms with van der Waals surface area (Å²) < 4.78 is 72.9. The zero-order valence-electron chi connectivity index (χ0n) is 37.0. The van der Waals surface area contributed by atoms with E-state index >= 15 is 0 Å². The van der Waals surface area contributed by atoms with Crippen LogP contribution in [0.1, 0.15) is 102 Å². The first kappa shape index (κ1) is 41.8. The van der Waals surface area contributed by atoms with Crippen LogP contribution in [0.3, 0.4) is 0 Å². The minimum atomic E-state index is -4.22. The number of fused-ring (bicyclic) bond motifs is 9. The molecule has 7 saturated heterocycles. The third-order valence-corrected chi connectivity index (χ3v) is 19.7. The highest BCUT2D eigenvalue weighted by atomic mass is 32.2. The first-order valence-corrected chi connectivity index (χ1v) is 26.4. The summed E-state index contributed by atoms with van der Waals surface area (Å²) in [5.41, 5.74) is 2.46. The Hall–Kier alpha value is -2.60. The molecule has 1 N–H and O–H groups in total. The Bertz CT molecular complexity index is 2150. The topological polar surface area (TPSA) is 129 Å². The minimum absolute atomic E-state index is 0.00941. The fraction of sp³-hybridized carbons (Fsp3) is 0.745. The number of nitrogens with one attached hydrogen (secondary N) is 1. The average molecular weight is 882 g/mol. The molecule has 340 valence electrons. The number of benzene rings is 2. The zero-order chi connectivity index (χ0) is 42.4. The van der Waals surface area contributed by atoms with Gasteiger partial charge in [-0.05, 0) is 161 Å². The molecule has 3 saturated carbocycles. The van der Waals surface area contributed by atoms with E-state index in [9.17, 15) is 13.7 Å². The van der Waals surface area contributed by atoms with Gasteiger partial charge in [0.15, 0.2) is 4.91 Å². The van der Waals surface area contributed by atoms with Gasteiger partial charge < -0.3 is 33.3 Å². The van der Waals surface area contributed by atoms with E-state index in [-0.39, 0.29) is 59.4 Å². The van der Waals surface area contributed by atoms with Gasteiger partial charge in [-0.2, -0.15) is 5.26 Å². The number of piperidine rings is 1. The number of hydrogen-bond donors (Lipinski definition) is 1. The van der Waals surface area contributed by atoms with Crippen molar-refractivity contribution < 1.29 is 36.8 Å². The summed E-state index contributed by atoms with van der Waals surface area (Å²) in [6.45, 7) is 7.03. The smallest absolute Gasteiger partial charge is 0.251 e. The zero-order valence-corrected chi connectivity index (χ0v) is 37.8. The first-order valence-electron chi connectivity index (χ1n) is 24.9. The van der Waals surface area contributed by atoms with Crippen molar-refractivity contribution in [1.29, 1.82) is 5.26 Å². The van der Waals surface area contributed by atoms with E-state index in [0.29, 0.717) is 53.3 Å². The van der Waals surface area contributed by atoms with Gasteiger partial charge in [0.2, 0.25) is 0 Å². The number of nitrogens with zero attached hydrogens (tertiary/aromatic N) is 2. The molecule has 3 aliphatic carbocycles. The lowest BCUT2D eigenvalue weighted by Crippen LogP contribution is -2.65. The van der Waals surface area contributed by atoms with Crippen LogP contribution in [0.4, 0.5) is 5.69 Å². The number of sulfonamides is 1. The largest absolute Gasteiger partial charge is 0.381 e. The van der Waals surface area contributed by atoms with E-state index in [1.807, 2.05) is 12.1 Å². The molecule has 7 aliphatic heterocycles. The summed E-state index contributed by atoms with van der Waals surface area (Å²) >= 11 is 0. The highest BCUT2D eigenvalue weighted by Gasteiger charge is 2.58. The van der Waals surface area contributed by atoms with Crippen molar-refractivity contribution in [2.24, 2.45) is 47.3 Å². The van der Waals surface area contributed by atoms with E-state index in [2.05, 4.69) is 40.0 Å². The highest BCUT2D eigenvalue weighted by Crippen LogP contribution is 2.56. The Morgan fingerprint density at radius 3 is 1.95 bits per heavy atom. The summed E-state index contributed by atoms with van der Waals surface area (Å²) in [4.78, 5) is 2.26. The second kappa shape index (κ2) is 16.9. The third-order valence-electron chi connectivity index (χ3n) is 18.2. The number of nitriles is 1. The second-order valence-corrected chi connectivity index (χ2v) is 23.2. The molecule has 7 heterocycles. The second-order valence-electron chi connectivity index (χ2n) is 21.6. The van der Waals surface area contributed by atoms with Crippen LogP contribution in [0.2, 0.25) is 0 Å². The molecular weight excluding hydrogens is 815 g/mol. The lowest BCUT2D eigenvalue weighted by atomic mass is 9.57. The Balaban J connectivity index is 0.831. The first-order chi connectivity index (χ1) is 30.7. The van der Waals surface area contributed by atoms with Crippen LogP contribution >= 0.6 is 0 Å². The van der Waals surface area contributed by atoms with Gasteiger partial charge in [0.05, 0.1) is 62.0 Å². The van der Waals surface area contributed by atoms with E-state index < -0.39 is 10.0 Å². The van der Waals surface area contributed by atoms with E-state index in [1.165, 1.54) is 24.9 Å². The van der Waals surface area contributed by atoms with Crippen LogP contribution < -0.4 is 9.62 Å². The number of anilines is 1. The van der Waals surface area contributed by atoms with E-state index in [0.717, 1.165) is 126 Å². The number of rotatable bonds is 5. The fourth-order valence-corrected chi connectivity index (χ4v) is 16.4. The molecule has 0 bridgehead atoms. The van der Waals surface area contributed by atoms with Gasteiger partial charge in [-0.25, -0.2) is 13.1 Å². The highest BCUT2D eigenvalue weighted by molar-refractivity contribution is 7.93. The van der Waals surface area contributed by atoms with Crippen molar-refractivity contribution in [2.45, 2.75) is 152 Å². The quantitative estimate of drug-likeness (QED) is 0.298. The number of ether oxygens (including phenoxy) is 6. The Labute approximate surface area is 373 Å². The number of allylic oxidation sites excluding steroid dienone is 2. The van der Waals surface area contributed by atoms with Crippen molar-refractivity contribution in [3.63, 3.8) is 0 Å². The summed E-state index contributed by atoms with van der Waals surface area (Å²) in [6, 6.07) is 14.5. The molecule has 11 nitrogen and oxygen atoms in total. The number of hydrogen-bond acceptors (Lipinski definition) is 10. The third kappa shape index (κ3) is 7.80. The maximum Gasteiger partial charge on any atom is 0.251 e. The fourth-order valence-electron chi connectivity index (χ4n) is 15.0. The molecule has 12 heteroatoms. The predicted octanol–water partition coefficient (Wildman–Crippen LogP) is 7.76. The van der Waals surface area contributed by atoms with Crippen molar-refractivity contribution in [3.8, 4) is 6.07 Å². The van der Waals surface area contributed by atoms with Crippen molar-refractivity contribution >= 4 is 32.1 Å². The maximum atomic E-state index is 15.0. The van der Waals surface area contributed by atoms with Gasteiger partial charge >= 0.3 is 0 Å². The van der Waals surface area contributed by atoms with Crippen LogP contribution in [-0.4, -0.2) is 103 Å². The predicted molar refractivity (Wildman–Crippen MR) is 239 cm³/mol. The van der Waals surface area contributed by atoms with Gasteiger partial charge in [-0.3, -0.25) is 0 Å². The molecule has 0 spiro atoms. The Morgan fingerprint density at radius 1 is 0.619 bits per heavy atom. The molecule has 2 aromatic rings. The van der Waals surface area contributed by atoms with Crippen LogP contribution in [0.25, 0.3) is 16.3 Å². The summed E-state index contributed by atoms with van der Waals surface area (Å²) in [6.07, 6.45) is 15.2. The molecule has 10 fully saturated rings. The molecule has 63 heavy (non-hydrogen) atoms. The Kier molecular flexibility index (Phi) is 11.2. The monoisotopic (exact) mass is 881 g/mol. The molecule has 17 atom stereocenters. The lowest BCUT2D eigenvalue weighted by molar-refractivity contribution is -0.264. The van der Waals surface area contributed by atoms with Gasteiger partial charge in [-0.1, -0.05) is 18.2 Å². The van der Waals surface area contributed by atoms with Gasteiger partial charge in [0.25, 0.3) is 10.0 Å². The van der Waals surface area contributed by atoms with Gasteiger partial charge in [0, 0.05) is 61.7 Å². The maximum absolute atomic E-state index is 15.0. The van der Waals surface area contributed by atoms with Gasteiger partial charge in [0.1, 0.15) is 6.07 Å². The SMILES string of the molecule is C/C(=C(\C#N)S(=O)(=O)NC1C2CC3CC4CC5COCCC5OC4CC3CC2OC2CC3CC4OC5CCOCC5CC4OC3CC21)c1ccc2cc(N3CCCCC3)ccc2c1.